The second-order valence-corrected chi connectivity index (χ2v) is 15.8. The van der Waals surface area contributed by atoms with Gasteiger partial charge in [0.05, 0.1) is 0 Å². The van der Waals surface area contributed by atoms with Crippen LogP contribution in [0.5, 0.6) is 0 Å². The molecule has 47 heavy (non-hydrogen) atoms. The van der Waals surface area contributed by atoms with Crippen molar-refractivity contribution in [1.29, 1.82) is 0 Å². The van der Waals surface area contributed by atoms with Crippen LogP contribution in [-0.4, -0.2) is 11.3 Å². The summed E-state index contributed by atoms with van der Waals surface area (Å²) < 4.78 is 0. The third-order valence-corrected chi connectivity index (χ3v) is 13.3. The maximum absolute atomic E-state index is 2.42. The molecule has 0 fully saturated rings. The van der Waals surface area contributed by atoms with Gasteiger partial charge in [-0.3, -0.25) is 0 Å². The van der Waals surface area contributed by atoms with Crippen LogP contribution in [0.1, 0.15) is 31.2 Å². The van der Waals surface area contributed by atoms with E-state index < -0.39 is 0 Å². The van der Waals surface area contributed by atoms with Crippen LogP contribution in [0.2, 0.25) is 0 Å². The average Bonchev–Trinajstić information content (AvgIpc) is 3.81. The molecule has 0 saturated heterocycles. The van der Waals surface area contributed by atoms with Crippen molar-refractivity contribution in [2.24, 2.45) is 0 Å². The summed E-state index contributed by atoms with van der Waals surface area (Å²) in [7, 11) is -0.478. The molecule has 0 aliphatic heterocycles. The molecular formula is C41H42Cl2FeP2Pd. The number of hydrogen-bond donors (Lipinski definition) is 0. The summed E-state index contributed by atoms with van der Waals surface area (Å²) in [6.45, 7) is 2.08. The van der Waals surface area contributed by atoms with Crippen LogP contribution in [0.4, 0.5) is 0 Å². The second-order valence-electron chi connectivity index (χ2n) is 10.9. The Hall–Kier alpha value is -1.80. The molecule has 0 nitrogen and oxygen atoms in total. The van der Waals surface area contributed by atoms with Gasteiger partial charge in [0, 0.05) is 28.4 Å². The van der Waals surface area contributed by atoms with Crippen LogP contribution < -0.4 is 46.0 Å². The summed E-state index contributed by atoms with van der Waals surface area (Å²) in [5.41, 5.74) is 2.75. The molecule has 0 radical (unpaired) electrons. The summed E-state index contributed by atoms with van der Waals surface area (Å²) in [5.74, 6) is 0. The minimum atomic E-state index is -0.239. The topological polar surface area (TPSA) is 0 Å². The molecule has 0 N–H and O–H groups in total. The standard InChI is InChI=1S/2C17H17P.C7H8.2ClH.Fe.Pd/c2*1-3-9-15(10-4-1)18(17-13-7-8-14-17)16-11-5-2-6-12-16;1-7-5-3-2-4-6-7;;;;/h2*1-7,9-13,17H,8,14H2;2-6H,1H3;2*1H;;/q;;;;;;+2/p-2. The van der Waals surface area contributed by atoms with E-state index in [1.54, 1.807) is 0 Å². The van der Waals surface area contributed by atoms with Gasteiger partial charge in [0.25, 0.3) is 0 Å². The van der Waals surface area contributed by atoms with Gasteiger partial charge in [0.2, 0.25) is 0 Å². The zero-order chi connectivity index (χ0) is 29.5. The van der Waals surface area contributed by atoms with E-state index in [9.17, 15) is 0 Å². The van der Waals surface area contributed by atoms with Gasteiger partial charge in [-0.2, -0.15) is 0 Å². The fraction of sp³-hybridized carbons (Fsp3) is 0.171. The second kappa shape index (κ2) is 24.4. The summed E-state index contributed by atoms with van der Waals surface area (Å²) in [6.07, 6.45) is 14.6. The number of benzene rings is 5. The molecule has 2 atom stereocenters. The first-order chi connectivity index (χ1) is 21.3. The van der Waals surface area contributed by atoms with Gasteiger partial charge in [-0.25, -0.2) is 0 Å². The smallest absolute Gasteiger partial charge is 1.00 e. The van der Waals surface area contributed by atoms with E-state index in [2.05, 4.69) is 165 Å². The first kappa shape index (κ1) is 43.2. The summed E-state index contributed by atoms with van der Waals surface area (Å²) in [6, 6.07) is 54.2. The van der Waals surface area contributed by atoms with Gasteiger partial charge >= 0.3 is 20.4 Å². The number of aryl methyl sites for hydroxylation is 1. The Morgan fingerprint density at radius 3 is 0.872 bits per heavy atom. The Balaban J connectivity index is 0.000000365. The molecule has 6 heteroatoms. The Kier molecular flexibility index (Phi) is 22.4. The Morgan fingerprint density at radius 1 is 0.426 bits per heavy atom. The first-order valence-electron chi connectivity index (χ1n) is 15.4. The van der Waals surface area contributed by atoms with Crippen molar-refractivity contribution in [1.82, 2.24) is 0 Å². The fourth-order valence-corrected chi connectivity index (χ4v) is 11.1. The zero-order valence-corrected chi connectivity index (χ0v) is 32.5. The van der Waals surface area contributed by atoms with Gasteiger partial charge in [-0.05, 0) is 69.7 Å². The van der Waals surface area contributed by atoms with E-state index in [1.165, 1.54) is 52.5 Å². The molecule has 7 rings (SSSR count). The molecule has 0 aromatic heterocycles. The summed E-state index contributed by atoms with van der Waals surface area (Å²) in [4.78, 5) is 0. The Morgan fingerprint density at radius 2 is 0.681 bits per heavy atom. The predicted molar refractivity (Wildman–Crippen MR) is 194 cm³/mol. The van der Waals surface area contributed by atoms with E-state index in [-0.39, 0.29) is 78.1 Å². The van der Waals surface area contributed by atoms with Crippen molar-refractivity contribution in [3.8, 4) is 0 Å². The van der Waals surface area contributed by atoms with Crippen molar-refractivity contribution in [2.75, 3.05) is 0 Å². The molecule has 2 unspecified atom stereocenters. The maximum atomic E-state index is 2.42. The number of allylic oxidation sites excluding steroid dienone is 4. The third kappa shape index (κ3) is 13.6. The predicted octanol–water partition coefficient (Wildman–Crippen LogP) is 3.67. The third-order valence-electron chi connectivity index (χ3n) is 7.72. The van der Waals surface area contributed by atoms with E-state index in [0.29, 0.717) is 11.3 Å². The van der Waals surface area contributed by atoms with Crippen molar-refractivity contribution in [3.63, 3.8) is 0 Å². The van der Waals surface area contributed by atoms with E-state index in [0.717, 1.165) is 0 Å². The monoisotopic (exact) mass is 828 g/mol. The molecule has 5 aromatic rings. The molecule has 248 valence electrons. The fourth-order valence-electron chi connectivity index (χ4n) is 5.62. The van der Waals surface area contributed by atoms with Gasteiger partial charge in [-0.1, -0.05) is 182 Å². The number of rotatable bonds is 6. The van der Waals surface area contributed by atoms with Gasteiger partial charge in [-0.15, -0.1) is 0 Å². The van der Waals surface area contributed by atoms with Crippen molar-refractivity contribution >= 4 is 37.1 Å². The van der Waals surface area contributed by atoms with Crippen LogP contribution in [0.3, 0.4) is 0 Å². The number of hydrogen-bond acceptors (Lipinski definition) is 0. The maximum Gasteiger partial charge on any atom is 2.00 e. The molecule has 0 spiro atoms. The first-order valence-corrected chi connectivity index (χ1v) is 18.3. The zero-order valence-electron chi connectivity index (χ0n) is 26.5. The SMILES string of the molecule is C1=CC(P(c2ccccc2)c2ccccc2)CC1.C1=CC(P(c2ccccc2)c2ccccc2)CC1.Cc1ccccc1.[Cl-].[Cl-].[Fe].[Pd+2]. The minimum absolute atomic E-state index is 0. The van der Waals surface area contributed by atoms with Crippen LogP contribution in [0.15, 0.2) is 176 Å². The normalized spacial score (nSPS) is 15.4. The van der Waals surface area contributed by atoms with Crippen molar-refractivity contribution in [3.05, 3.63) is 182 Å². The molecule has 0 saturated carbocycles. The van der Waals surface area contributed by atoms with Gasteiger partial charge in [0.1, 0.15) is 0 Å². The quantitative estimate of drug-likeness (QED) is 0.140. The molecule has 0 bridgehead atoms. The van der Waals surface area contributed by atoms with Gasteiger partial charge in [0.15, 0.2) is 0 Å². The summed E-state index contributed by atoms with van der Waals surface area (Å²) >= 11 is 0. The van der Waals surface area contributed by atoms with Gasteiger partial charge < -0.3 is 24.8 Å². The number of halogens is 2. The van der Waals surface area contributed by atoms with Crippen LogP contribution in [0, 0.1) is 6.92 Å². The minimum Gasteiger partial charge on any atom is -1.00 e. The largest absolute Gasteiger partial charge is 2.00 e. The van der Waals surface area contributed by atoms with Crippen molar-refractivity contribution in [2.45, 2.75) is 43.9 Å². The Labute approximate surface area is 322 Å². The molecule has 5 aromatic carbocycles. The Bertz CT molecular complexity index is 1360. The molecule has 2 aliphatic carbocycles. The average molecular weight is 830 g/mol. The summed E-state index contributed by atoms with van der Waals surface area (Å²) in [5, 5.41) is 5.98. The van der Waals surface area contributed by atoms with Crippen molar-refractivity contribution < 1.29 is 62.3 Å². The van der Waals surface area contributed by atoms with E-state index >= 15 is 0 Å². The van der Waals surface area contributed by atoms with Crippen LogP contribution >= 0.6 is 15.8 Å². The molecule has 0 heterocycles. The molecule has 2 aliphatic rings. The molecular weight excluding hydrogens is 788 g/mol. The van der Waals surface area contributed by atoms with Crippen LogP contribution in [-0.2, 0) is 37.5 Å². The van der Waals surface area contributed by atoms with Crippen LogP contribution in [0.25, 0.3) is 0 Å². The van der Waals surface area contributed by atoms with E-state index in [1.807, 2.05) is 18.2 Å². The van der Waals surface area contributed by atoms with E-state index in [4.69, 9.17) is 0 Å². The molecule has 0 amide bonds.